The summed E-state index contributed by atoms with van der Waals surface area (Å²) >= 11 is 10.9. The summed E-state index contributed by atoms with van der Waals surface area (Å²) in [5.41, 5.74) is 7.72. The number of hydrogen-bond donors (Lipinski definition) is 2. The van der Waals surface area contributed by atoms with Gasteiger partial charge in [-0.2, -0.15) is 0 Å². The molecule has 0 spiro atoms. The van der Waals surface area contributed by atoms with Crippen LogP contribution in [0.4, 0.5) is 5.82 Å². The first-order valence-corrected chi connectivity index (χ1v) is 5.52. The monoisotopic (exact) mass is 251 g/mol. The molecule has 82 valence electrons. The zero-order valence-corrected chi connectivity index (χ0v) is 9.98. The quantitative estimate of drug-likeness (QED) is 0.807. The molecule has 1 aromatic heterocycles. The Labute approximate surface area is 103 Å². The van der Waals surface area contributed by atoms with Crippen molar-refractivity contribution in [2.45, 2.75) is 6.42 Å². The molecule has 0 radical (unpaired) electrons. The van der Waals surface area contributed by atoms with E-state index in [1.165, 1.54) is 0 Å². The van der Waals surface area contributed by atoms with Gasteiger partial charge < -0.3 is 10.7 Å². The number of aromatic amines is 1. The molecule has 1 heterocycles. The third kappa shape index (κ3) is 2.40. The van der Waals surface area contributed by atoms with Gasteiger partial charge in [0.2, 0.25) is 0 Å². The zero-order chi connectivity index (χ0) is 11.5. The van der Waals surface area contributed by atoms with Gasteiger partial charge in [-0.1, -0.05) is 29.8 Å². The Morgan fingerprint density at radius 2 is 2.06 bits per heavy atom. The molecule has 2 aromatic rings. The summed E-state index contributed by atoms with van der Waals surface area (Å²) in [6, 6.07) is 7.65. The minimum Gasteiger partial charge on any atom is -0.385 e. The number of anilines is 1. The maximum atomic E-state index is 6.07. The Hall–Kier alpha value is -1.39. The predicted octanol–water partition coefficient (Wildman–Crippen LogP) is 2.97. The fraction of sp³-hybridized carbons (Fsp3) is 0.0909. The number of halogens is 1. The third-order valence-corrected chi connectivity index (χ3v) is 2.84. The van der Waals surface area contributed by atoms with Gasteiger partial charge in [0.1, 0.15) is 5.82 Å². The Bertz CT molecular complexity index is 565. The molecule has 0 aliphatic rings. The van der Waals surface area contributed by atoms with E-state index in [4.69, 9.17) is 29.6 Å². The fourth-order valence-corrected chi connectivity index (χ4v) is 1.79. The van der Waals surface area contributed by atoms with E-state index in [1.807, 2.05) is 24.3 Å². The lowest BCUT2D eigenvalue weighted by molar-refractivity contribution is 1.06. The van der Waals surface area contributed by atoms with Crippen molar-refractivity contribution < 1.29 is 0 Å². The van der Waals surface area contributed by atoms with Crippen molar-refractivity contribution in [3.8, 4) is 0 Å². The van der Waals surface area contributed by atoms with Crippen molar-refractivity contribution in [3.05, 3.63) is 51.4 Å². The van der Waals surface area contributed by atoms with Gasteiger partial charge in [-0.3, -0.25) is 0 Å². The molecule has 2 rings (SSSR count). The van der Waals surface area contributed by atoms with E-state index in [9.17, 15) is 0 Å². The highest BCUT2D eigenvalue weighted by atomic mass is 35.5. The smallest absolute Gasteiger partial charge is 0.198 e. The van der Waals surface area contributed by atoms with Crippen LogP contribution in [0, 0.1) is 4.77 Å². The van der Waals surface area contributed by atoms with E-state index >= 15 is 0 Å². The lowest BCUT2D eigenvalue weighted by Gasteiger charge is -2.06. The Morgan fingerprint density at radius 1 is 1.31 bits per heavy atom. The number of H-pyrrole nitrogens is 1. The van der Waals surface area contributed by atoms with E-state index in [0.717, 1.165) is 16.1 Å². The van der Waals surface area contributed by atoms with E-state index in [2.05, 4.69) is 9.97 Å². The second-order valence-corrected chi connectivity index (χ2v) is 4.19. The second-order valence-electron chi connectivity index (χ2n) is 3.40. The number of nitrogens with one attached hydrogen (secondary N) is 1. The van der Waals surface area contributed by atoms with Gasteiger partial charge in [-0.25, -0.2) is 4.98 Å². The minimum absolute atomic E-state index is 0.389. The topological polar surface area (TPSA) is 54.7 Å². The Balaban J connectivity index is 2.34. The molecule has 0 unspecified atom stereocenters. The van der Waals surface area contributed by atoms with Gasteiger partial charge in [0.05, 0.1) is 0 Å². The van der Waals surface area contributed by atoms with Gasteiger partial charge in [0.15, 0.2) is 4.77 Å². The van der Waals surface area contributed by atoms with Gasteiger partial charge in [-0.05, 0) is 23.8 Å². The predicted molar refractivity (Wildman–Crippen MR) is 68.1 cm³/mol. The summed E-state index contributed by atoms with van der Waals surface area (Å²) in [6.07, 6.45) is 2.32. The first-order chi connectivity index (χ1) is 7.66. The number of nitrogen functional groups attached to an aromatic ring is 1. The number of benzene rings is 1. The van der Waals surface area contributed by atoms with Crippen LogP contribution in [0.1, 0.15) is 11.1 Å². The zero-order valence-electron chi connectivity index (χ0n) is 8.40. The Morgan fingerprint density at radius 3 is 2.75 bits per heavy atom. The molecule has 0 fully saturated rings. The highest BCUT2D eigenvalue weighted by Crippen LogP contribution is 2.20. The normalized spacial score (nSPS) is 10.3. The molecule has 5 heteroatoms. The maximum absolute atomic E-state index is 6.07. The summed E-state index contributed by atoms with van der Waals surface area (Å²) < 4.78 is 0.389. The van der Waals surface area contributed by atoms with Crippen LogP contribution in [0.3, 0.4) is 0 Å². The van der Waals surface area contributed by atoms with Gasteiger partial charge >= 0.3 is 0 Å². The van der Waals surface area contributed by atoms with Crippen LogP contribution in [0.5, 0.6) is 0 Å². The Kier molecular flexibility index (Phi) is 3.22. The van der Waals surface area contributed by atoms with E-state index in [0.29, 0.717) is 17.0 Å². The molecule has 0 atom stereocenters. The standard InChI is InChI=1S/C11H10ClN3S/c12-9-4-2-1-3-7(9)5-8-6-14-11(16)15-10(8)13/h1-4,6H,5H2,(H3,13,14,15,16). The lowest BCUT2D eigenvalue weighted by atomic mass is 10.1. The average molecular weight is 252 g/mol. The molecule has 0 aliphatic heterocycles. The molecule has 1 aromatic carbocycles. The van der Waals surface area contributed by atoms with Crippen LogP contribution in [0.2, 0.25) is 5.02 Å². The van der Waals surface area contributed by atoms with Crippen molar-refractivity contribution >= 4 is 29.6 Å². The number of nitrogens with two attached hydrogens (primary N) is 1. The van der Waals surface area contributed by atoms with Crippen LogP contribution >= 0.6 is 23.8 Å². The largest absolute Gasteiger partial charge is 0.385 e. The third-order valence-electron chi connectivity index (χ3n) is 2.26. The van der Waals surface area contributed by atoms with Crippen molar-refractivity contribution in [2.75, 3.05) is 5.73 Å². The molecule has 3 N–H and O–H groups in total. The number of nitrogens with zero attached hydrogens (tertiary/aromatic N) is 1. The molecule has 0 amide bonds. The van der Waals surface area contributed by atoms with E-state index in [-0.39, 0.29) is 0 Å². The number of hydrogen-bond acceptors (Lipinski definition) is 3. The first kappa shape index (κ1) is 11.1. The SMILES string of the molecule is Nc1[nH]c(=S)ncc1Cc1ccccc1Cl. The van der Waals surface area contributed by atoms with Crippen LogP contribution in [-0.2, 0) is 6.42 Å². The molecule has 0 bridgehead atoms. The molecule has 3 nitrogen and oxygen atoms in total. The summed E-state index contributed by atoms with van der Waals surface area (Å²) in [4.78, 5) is 6.82. The van der Waals surface area contributed by atoms with E-state index in [1.54, 1.807) is 6.20 Å². The van der Waals surface area contributed by atoms with E-state index < -0.39 is 0 Å². The van der Waals surface area contributed by atoms with Crippen molar-refractivity contribution in [1.29, 1.82) is 0 Å². The number of aromatic nitrogens is 2. The van der Waals surface area contributed by atoms with Crippen molar-refractivity contribution in [2.24, 2.45) is 0 Å². The fourth-order valence-electron chi connectivity index (χ4n) is 1.42. The van der Waals surface area contributed by atoms with Crippen LogP contribution in [0.15, 0.2) is 30.5 Å². The molecule has 0 saturated carbocycles. The minimum atomic E-state index is 0.389. The number of rotatable bonds is 2. The first-order valence-electron chi connectivity index (χ1n) is 4.74. The maximum Gasteiger partial charge on any atom is 0.198 e. The van der Waals surface area contributed by atoms with Crippen LogP contribution in [-0.4, -0.2) is 9.97 Å². The van der Waals surface area contributed by atoms with Gasteiger partial charge in [0, 0.05) is 23.2 Å². The molecular weight excluding hydrogens is 242 g/mol. The summed E-state index contributed by atoms with van der Waals surface area (Å²) in [5.74, 6) is 0.542. The van der Waals surface area contributed by atoms with Crippen molar-refractivity contribution in [1.82, 2.24) is 9.97 Å². The summed E-state index contributed by atoms with van der Waals surface area (Å²) in [6.45, 7) is 0. The van der Waals surface area contributed by atoms with Crippen LogP contribution < -0.4 is 5.73 Å². The summed E-state index contributed by atoms with van der Waals surface area (Å²) in [5, 5.41) is 0.726. The molecule has 0 aliphatic carbocycles. The summed E-state index contributed by atoms with van der Waals surface area (Å²) in [7, 11) is 0. The van der Waals surface area contributed by atoms with Crippen molar-refractivity contribution in [3.63, 3.8) is 0 Å². The second kappa shape index (κ2) is 4.63. The van der Waals surface area contributed by atoms with Crippen LogP contribution in [0.25, 0.3) is 0 Å². The molecule has 0 saturated heterocycles. The van der Waals surface area contributed by atoms with Gasteiger partial charge in [0.25, 0.3) is 0 Å². The lowest BCUT2D eigenvalue weighted by Crippen LogP contribution is -2.00. The average Bonchev–Trinajstić information content (AvgIpc) is 2.25. The van der Waals surface area contributed by atoms with Gasteiger partial charge in [-0.15, -0.1) is 0 Å². The molecular formula is C11H10ClN3S. The molecule has 16 heavy (non-hydrogen) atoms. The highest BCUT2D eigenvalue weighted by molar-refractivity contribution is 7.71. The highest BCUT2D eigenvalue weighted by Gasteiger charge is 2.04.